The van der Waals surface area contributed by atoms with Crippen LogP contribution in [0.1, 0.15) is 43.6 Å². The largest absolute Gasteiger partial charge is 0.360 e. The van der Waals surface area contributed by atoms with Crippen LogP contribution in [0.25, 0.3) is 0 Å². The van der Waals surface area contributed by atoms with Gasteiger partial charge in [0.2, 0.25) is 15.9 Å². The second-order valence-electron chi connectivity index (χ2n) is 5.38. The van der Waals surface area contributed by atoms with Gasteiger partial charge >= 0.3 is 0 Å². The Balaban J connectivity index is 1.91. The molecule has 0 spiro atoms. The highest BCUT2D eigenvalue weighted by molar-refractivity contribution is 7.89. The fourth-order valence-electron chi connectivity index (χ4n) is 2.62. The van der Waals surface area contributed by atoms with E-state index < -0.39 is 10.0 Å². The monoisotopic (exact) mass is 315 g/mol. The van der Waals surface area contributed by atoms with E-state index in [1.54, 1.807) is 6.92 Å². The summed E-state index contributed by atoms with van der Waals surface area (Å²) in [5.74, 6) is -0.0927. The first-order chi connectivity index (χ1) is 9.90. The van der Waals surface area contributed by atoms with Crippen molar-refractivity contribution in [3.8, 4) is 0 Å². The van der Waals surface area contributed by atoms with E-state index >= 15 is 0 Å². The molecule has 2 rings (SSSR count). The van der Waals surface area contributed by atoms with Gasteiger partial charge in [0.15, 0.2) is 5.76 Å². The summed E-state index contributed by atoms with van der Waals surface area (Å²) in [6.45, 7) is 2.80. The van der Waals surface area contributed by atoms with Crippen molar-refractivity contribution in [2.75, 3.05) is 6.54 Å². The Morgan fingerprint density at radius 3 is 2.52 bits per heavy atom. The Labute approximate surface area is 124 Å². The van der Waals surface area contributed by atoms with Crippen LogP contribution in [0.3, 0.4) is 0 Å². The van der Waals surface area contributed by atoms with Gasteiger partial charge in [-0.1, -0.05) is 24.4 Å². The number of nitrogens with one attached hydrogen (secondary N) is 2. The minimum Gasteiger partial charge on any atom is -0.360 e. The average molecular weight is 315 g/mol. The van der Waals surface area contributed by atoms with Crippen molar-refractivity contribution in [1.29, 1.82) is 0 Å². The van der Waals surface area contributed by atoms with Crippen molar-refractivity contribution in [1.82, 2.24) is 15.2 Å². The van der Waals surface area contributed by atoms with E-state index in [0.29, 0.717) is 0 Å². The smallest absolute Gasteiger partial charge is 0.246 e. The molecule has 1 heterocycles. The maximum atomic E-state index is 12.1. The molecule has 118 valence electrons. The zero-order chi connectivity index (χ0) is 15.5. The fourth-order valence-corrected chi connectivity index (χ4v) is 3.92. The third kappa shape index (κ3) is 4.04. The van der Waals surface area contributed by atoms with Crippen LogP contribution in [0.15, 0.2) is 9.42 Å². The molecule has 7 nitrogen and oxygen atoms in total. The summed E-state index contributed by atoms with van der Waals surface area (Å²) in [5.41, 5.74) is 0.285. The molecule has 1 aliphatic carbocycles. The van der Waals surface area contributed by atoms with Gasteiger partial charge in [0, 0.05) is 6.04 Å². The molecule has 0 unspecified atom stereocenters. The van der Waals surface area contributed by atoms with Gasteiger partial charge in [-0.05, 0) is 26.7 Å². The molecule has 1 amide bonds. The number of hydrogen-bond donors (Lipinski definition) is 2. The number of carbonyl (C=O) groups excluding carboxylic acids is 1. The zero-order valence-corrected chi connectivity index (χ0v) is 13.1. The van der Waals surface area contributed by atoms with E-state index in [1.165, 1.54) is 13.3 Å². The Morgan fingerprint density at radius 2 is 1.95 bits per heavy atom. The topological polar surface area (TPSA) is 101 Å². The molecule has 0 aliphatic heterocycles. The predicted octanol–water partition coefficient (Wildman–Crippen LogP) is 1.02. The van der Waals surface area contributed by atoms with Crippen molar-refractivity contribution in [3.05, 3.63) is 11.5 Å². The Bertz CT molecular complexity index is 583. The number of sulfonamides is 1. The third-order valence-electron chi connectivity index (χ3n) is 3.63. The van der Waals surface area contributed by atoms with Gasteiger partial charge in [-0.25, -0.2) is 13.1 Å². The lowest BCUT2D eigenvalue weighted by atomic mass is 9.95. The summed E-state index contributed by atoms with van der Waals surface area (Å²) in [5, 5.41) is 6.47. The second kappa shape index (κ2) is 6.57. The van der Waals surface area contributed by atoms with Crippen LogP contribution >= 0.6 is 0 Å². The highest BCUT2D eigenvalue weighted by Crippen LogP contribution is 2.19. The van der Waals surface area contributed by atoms with E-state index in [9.17, 15) is 13.2 Å². The van der Waals surface area contributed by atoms with Crippen molar-refractivity contribution < 1.29 is 17.7 Å². The highest BCUT2D eigenvalue weighted by Gasteiger charge is 2.25. The number of hydrogen-bond acceptors (Lipinski definition) is 5. The van der Waals surface area contributed by atoms with E-state index in [4.69, 9.17) is 4.52 Å². The van der Waals surface area contributed by atoms with Crippen molar-refractivity contribution in [2.24, 2.45) is 0 Å². The van der Waals surface area contributed by atoms with E-state index in [1.807, 2.05) is 0 Å². The molecule has 1 saturated carbocycles. The van der Waals surface area contributed by atoms with Crippen LogP contribution in [0.4, 0.5) is 0 Å². The Morgan fingerprint density at radius 1 is 1.29 bits per heavy atom. The van der Waals surface area contributed by atoms with Crippen LogP contribution in [-0.4, -0.2) is 32.1 Å². The first-order valence-electron chi connectivity index (χ1n) is 7.12. The van der Waals surface area contributed by atoms with Gasteiger partial charge in [0.25, 0.3) is 0 Å². The SMILES string of the molecule is Cc1noc(C)c1S(=O)(=O)NCC(=O)NC1CCCCC1. The van der Waals surface area contributed by atoms with Crippen LogP contribution < -0.4 is 10.0 Å². The fraction of sp³-hybridized carbons (Fsp3) is 0.692. The molecule has 0 saturated heterocycles. The predicted molar refractivity (Wildman–Crippen MR) is 76.2 cm³/mol. The van der Waals surface area contributed by atoms with Crippen molar-refractivity contribution >= 4 is 15.9 Å². The first kappa shape index (κ1) is 16.0. The minimum atomic E-state index is -3.78. The molecule has 21 heavy (non-hydrogen) atoms. The highest BCUT2D eigenvalue weighted by atomic mass is 32.2. The lowest BCUT2D eigenvalue weighted by Crippen LogP contribution is -2.42. The van der Waals surface area contributed by atoms with E-state index in [0.717, 1.165) is 25.7 Å². The summed E-state index contributed by atoms with van der Waals surface area (Å²) in [7, 11) is -3.78. The van der Waals surface area contributed by atoms with Gasteiger partial charge in [-0.3, -0.25) is 4.79 Å². The summed E-state index contributed by atoms with van der Waals surface area (Å²) >= 11 is 0. The third-order valence-corrected chi connectivity index (χ3v) is 5.27. The molecule has 1 aliphatic rings. The van der Waals surface area contributed by atoms with Gasteiger partial charge in [0.05, 0.1) is 6.54 Å². The van der Waals surface area contributed by atoms with E-state index in [2.05, 4.69) is 15.2 Å². The second-order valence-corrected chi connectivity index (χ2v) is 7.08. The summed E-state index contributed by atoms with van der Waals surface area (Å²) in [6, 6.07) is 0.162. The molecule has 1 aromatic heterocycles. The van der Waals surface area contributed by atoms with Gasteiger partial charge in [0.1, 0.15) is 10.6 Å². The molecule has 0 radical (unpaired) electrons. The summed E-state index contributed by atoms with van der Waals surface area (Å²) in [4.78, 5) is 11.8. The summed E-state index contributed by atoms with van der Waals surface area (Å²) < 4.78 is 31.4. The van der Waals surface area contributed by atoms with Crippen LogP contribution in [0.5, 0.6) is 0 Å². The van der Waals surface area contributed by atoms with Crippen LogP contribution in [0.2, 0.25) is 0 Å². The quantitative estimate of drug-likeness (QED) is 0.844. The molecule has 0 aromatic carbocycles. The summed E-state index contributed by atoms with van der Waals surface area (Å²) in [6.07, 6.45) is 5.33. The normalized spacial score (nSPS) is 16.9. The van der Waals surface area contributed by atoms with Crippen molar-refractivity contribution in [2.45, 2.75) is 56.9 Å². The minimum absolute atomic E-state index is 0.00738. The number of carbonyl (C=O) groups is 1. The standard InChI is InChI=1S/C13H21N3O4S/c1-9-13(10(2)20-16-9)21(18,19)14-8-12(17)15-11-6-4-3-5-7-11/h11,14H,3-8H2,1-2H3,(H,15,17). The molecule has 1 aromatic rings. The molecule has 2 N–H and O–H groups in total. The lowest BCUT2D eigenvalue weighted by Gasteiger charge is -2.22. The molecule has 0 bridgehead atoms. The van der Waals surface area contributed by atoms with E-state index in [-0.39, 0.29) is 34.8 Å². The molecular formula is C13H21N3O4S. The number of nitrogens with zero attached hydrogens (tertiary/aromatic N) is 1. The van der Waals surface area contributed by atoms with Crippen LogP contribution in [0, 0.1) is 13.8 Å². The number of amides is 1. The van der Waals surface area contributed by atoms with Crippen LogP contribution in [-0.2, 0) is 14.8 Å². The Hall–Kier alpha value is -1.41. The molecule has 0 atom stereocenters. The van der Waals surface area contributed by atoms with Crippen molar-refractivity contribution in [3.63, 3.8) is 0 Å². The van der Waals surface area contributed by atoms with Gasteiger partial charge < -0.3 is 9.84 Å². The first-order valence-corrected chi connectivity index (χ1v) is 8.60. The average Bonchev–Trinajstić information content (AvgIpc) is 2.78. The Kier molecular flexibility index (Phi) is 5.00. The number of rotatable bonds is 5. The molecular weight excluding hydrogens is 294 g/mol. The number of aromatic nitrogens is 1. The van der Waals surface area contributed by atoms with Gasteiger partial charge in [-0.2, -0.15) is 0 Å². The molecule has 1 fully saturated rings. The molecule has 8 heteroatoms. The zero-order valence-electron chi connectivity index (χ0n) is 12.3. The maximum absolute atomic E-state index is 12.1. The lowest BCUT2D eigenvalue weighted by molar-refractivity contribution is -0.120. The van der Waals surface area contributed by atoms with Gasteiger partial charge in [-0.15, -0.1) is 0 Å². The maximum Gasteiger partial charge on any atom is 0.246 e. The number of aryl methyl sites for hydroxylation is 2.